The number of fused-ring (bicyclic) bond motifs is 1. The predicted octanol–water partition coefficient (Wildman–Crippen LogP) is 1.58. The fourth-order valence-electron chi connectivity index (χ4n) is 4.25. The second-order valence-corrected chi connectivity index (χ2v) is 7.94. The fourth-order valence-corrected chi connectivity index (χ4v) is 4.25. The largest absolute Gasteiger partial charge is 0.490 e. The summed E-state index contributed by atoms with van der Waals surface area (Å²) < 4.78 is 42.7. The lowest BCUT2D eigenvalue weighted by Gasteiger charge is -2.29. The van der Waals surface area contributed by atoms with E-state index >= 15 is 0 Å². The molecule has 172 valence electrons. The summed E-state index contributed by atoms with van der Waals surface area (Å²) in [5, 5.41) is 7.12. The van der Waals surface area contributed by atoms with Crippen molar-refractivity contribution in [2.75, 3.05) is 51.4 Å². The first-order chi connectivity index (χ1) is 14.6. The zero-order chi connectivity index (χ0) is 22.6. The van der Waals surface area contributed by atoms with Gasteiger partial charge in [-0.3, -0.25) is 4.79 Å². The summed E-state index contributed by atoms with van der Waals surface area (Å²) >= 11 is 0. The zero-order valence-electron chi connectivity index (χ0n) is 17.1. The number of aliphatic carboxylic acids is 1. The zero-order valence-corrected chi connectivity index (χ0v) is 17.1. The number of ether oxygens (including phenoxy) is 2. The first-order valence-corrected chi connectivity index (χ1v) is 9.91. The number of alkyl halides is 3. The molecule has 0 bridgehead atoms. The molecule has 0 spiro atoms. The van der Waals surface area contributed by atoms with Gasteiger partial charge in [0.2, 0.25) is 11.8 Å². The van der Waals surface area contributed by atoms with Gasteiger partial charge in [0, 0.05) is 50.0 Å². The van der Waals surface area contributed by atoms with Crippen LogP contribution in [-0.2, 0) is 14.3 Å². The number of anilines is 1. The van der Waals surface area contributed by atoms with Gasteiger partial charge in [0.15, 0.2) is 0 Å². The Balaban J connectivity index is 0.000000339. The molecule has 1 aromatic rings. The minimum atomic E-state index is -5.08. The van der Waals surface area contributed by atoms with E-state index in [1.54, 1.807) is 7.11 Å². The molecule has 31 heavy (non-hydrogen) atoms. The molecule has 0 saturated carbocycles. The number of carboxylic acids is 1. The Morgan fingerprint density at radius 2 is 2.00 bits per heavy atom. The molecule has 3 aliphatic heterocycles. The lowest BCUT2D eigenvalue weighted by atomic mass is 9.78. The number of halogens is 3. The van der Waals surface area contributed by atoms with E-state index in [0.717, 1.165) is 51.4 Å². The van der Waals surface area contributed by atoms with Gasteiger partial charge < -0.3 is 24.4 Å². The molecule has 1 N–H and O–H groups in total. The van der Waals surface area contributed by atoms with Crippen molar-refractivity contribution in [2.24, 2.45) is 11.3 Å². The number of carboxylic acid groups (broad SMARTS) is 1. The van der Waals surface area contributed by atoms with E-state index in [-0.39, 0.29) is 11.3 Å². The molecular weight excluding hydrogens is 421 g/mol. The summed E-state index contributed by atoms with van der Waals surface area (Å²) in [6.07, 6.45) is -0.714. The van der Waals surface area contributed by atoms with Crippen LogP contribution in [0.3, 0.4) is 0 Å². The van der Waals surface area contributed by atoms with Crippen LogP contribution in [0.1, 0.15) is 19.3 Å². The minimum Gasteiger partial charge on any atom is -0.481 e. The summed E-state index contributed by atoms with van der Waals surface area (Å²) in [4.78, 5) is 34.3. The van der Waals surface area contributed by atoms with E-state index in [2.05, 4.69) is 14.9 Å². The first-order valence-electron chi connectivity index (χ1n) is 9.91. The Bertz CT molecular complexity index is 803. The van der Waals surface area contributed by atoms with Crippen LogP contribution < -0.4 is 9.64 Å². The number of hydrogen-bond donors (Lipinski definition) is 1. The molecule has 3 saturated heterocycles. The summed E-state index contributed by atoms with van der Waals surface area (Å²) in [7, 11) is 1.61. The van der Waals surface area contributed by atoms with Crippen LogP contribution in [0, 0.1) is 11.3 Å². The highest BCUT2D eigenvalue weighted by molar-refractivity contribution is 5.77. The summed E-state index contributed by atoms with van der Waals surface area (Å²) in [5.74, 6) is -0.664. The average molecular weight is 446 g/mol. The topological polar surface area (TPSA) is 105 Å². The summed E-state index contributed by atoms with van der Waals surface area (Å²) in [6.45, 7) is 4.88. The van der Waals surface area contributed by atoms with Gasteiger partial charge in [-0.1, -0.05) is 0 Å². The highest BCUT2D eigenvalue weighted by atomic mass is 19.4. The summed E-state index contributed by atoms with van der Waals surface area (Å²) in [6, 6.07) is 1.86. The third-order valence-electron chi connectivity index (χ3n) is 5.89. The lowest BCUT2D eigenvalue weighted by Crippen LogP contribution is -2.38. The van der Waals surface area contributed by atoms with Crippen molar-refractivity contribution in [3.63, 3.8) is 0 Å². The Hall–Kier alpha value is -2.63. The third kappa shape index (κ3) is 5.35. The van der Waals surface area contributed by atoms with Gasteiger partial charge in [-0.15, -0.1) is 0 Å². The second-order valence-electron chi connectivity index (χ2n) is 7.94. The molecule has 3 aliphatic rings. The fraction of sp³-hybridized carbons (Fsp3) is 0.684. The van der Waals surface area contributed by atoms with Crippen LogP contribution in [0.25, 0.3) is 0 Å². The van der Waals surface area contributed by atoms with Crippen LogP contribution in [0.4, 0.5) is 19.0 Å². The van der Waals surface area contributed by atoms with E-state index < -0.39 is 12.1 Å². The molecule has 1 amide bonds. The predicted molar refractivity (Wildman–Crippen MR) is 102 cm³/mol. The van der Waals surface area contributed by atoms with Gasteiger partial charge in [0.25, 0.3) is 0 Å². The molecule has 0 radical (unpaired) electrons. The quantitative estimate of drug-likeness (QED) is 0.744. The molecular formula is C19H25F3N4O5. The second kappa shape index (κ2) is 9.25. The number of likely N-dealkylation sites (tertiary alicyclic amines) is 1. The van der Waals surface area contributed by atoms with Crippen LogP contribution in [0.15, 0.2) is 12.4 Å². The molecule has 9 nitrogen and oxygen atoms in total. The van der Waals surface area contributed by atoms with Crippen molar-refractivity contribution in [1.29, 1.82) is 0 Å². The monoisotopic (exact) mass is 446 g/mol. The van der Waals surface area contributed by atoms with E-state index in [0.29, 0.717) is 24.8 Å². The van der Waals surface area contributed by atoms with Crippen molar-refractivity contribution in [1.82, 2.24) is 14.9 Å². The Labute approximate surface area is 177 Å². The molecule has 12 heteroatoms. The Morgan fingerprint density at radius 3 is 2.61 bits per heavy atom. The lowest BCUT2D eigenvalue weighted by molar-refractivity contribution is -0.192. The van der Waals surface area contributed by atoms with Gasteiger partial charge in [-0.05, 0) is 12.8 Å². The maximum absolute atomic E-state index is 12.7. The number of hydrogen-bond acceptors (Lipinski definition) is 7. The first kappa shape index (κ1) is 23.0. The molecule has 0 aromatic carbocycles. The van der Waals surface area contributed by atoms with Gasteiger partial charge in [0.1, 0.15) is 12.1 Å². The number of amides is 1. The van der Waals surface area contributed by atoms with Crippen LogP contribution in [-0.4, -0.2) is 84.5 Å². The van der Waals surface area contributed by atoms with Crippen molar-refractivity contribution >= 4 is 17.7 Å². The molecule has 4 rings (SSSR count). The van der Waals surface area contributed by atoms with E-state index in [4.69, 9.17) is 19.4 Å². The number of methoxy groups -OCH3 is 1. The van der Waals surface area contributed by atoms with Crippen molar-refractivity contribution in [2.45, 2.75) is 25.4 Å². The van der Waals surface area contributed by atoms with Gasteiger partial charge in [0.05, 0.1) is 20.3 Å². The molecule has 2 atom stereocenters. The van der Waals surface area contributed by atoms with Crippen LogP contribution >= 0.6 is 0 Å². The number of nitrogens with zero attached hydrogens (tertiary/aromatic N) is 4. The number of rotatable bonds is 4. The third-order valence-corrected chi connectivity index (χ3v) is 5.89. The van der Waals surface area contributed by atoms with Crippen molar-refractivity contribution in [3.05, 3.63) is 12.4 Å². The average Bonchev–Trinajstić information content (AvgIpc) is 3.43. The minimum absolute atomic E-state index is 0.0855. The van der Waals surface area contributed by atoms with Crippen molar-refractivity contribution in [3.8, 4) is 5.88 Å². The summed E-state index contributed by atoms with van der Waals surface area (Å²) in [5.41, 5.74) is -0.0855. The molecule has 0 unspecified atom stereocenters. The van der Waals surface area contributed by atoms with Gasteiger partial charge in [-0.2, -0.15) is 13.2 Å². The van der Waals surface area contributed by atoms with Crippen LogP contribution in [0.2, 0.25) is 0 Å². The van der Waals surface area contributed by atoms with Crippen molar-refractivity contribution < 1.29 is 37.3 Å². The van der Waals surface area contributed by atoms with Gasteiger partial charge in [-0.25, -0.2) is 14.8 Å². The molecule has 0 aliphatic carbocycles. The highest BCUT2D eigenvalue weighted by Gasteiger charge is 2.52. The number of aromatic nitrogens is 2. The smallest absolute Gasteiger partial charge is 0.481 e. The van der Waals surface area contributed by atoms with Gasteiger partial charge >= 0.3 is 12.1 Å². The highest BCUT2D eigenvalue weighted by Crippen LogP contribution is 2.45. The molecule has 1 aromatic heterocycles. The standard InChI is InChI=1S/C17H24N4O3.C2HF3O2/c1-23-15-6-14(18-12-19-15)21-8-13-9-24-11-17(13,10-21)7-16(22)20-4-2-3-5-20;3-2(4,5)1(6)7/h6,12-13H,2-5,7-11H2,1H3;(H,6,7)/t13-,17+;/m1./s1. The maximum Gasteiger partial charge on any atom is 0.490 e. The van der Waals surface area contributed by atoms with Crippen LogP contribution in [0.5, 0.6) is 5.88 Å². The molecule has 3 fully saturated rings. The van der Waals surface area contributed by atoms with E-state index in [9.17, 15) is 18.0 Å². The SMILES string of the molecule is COc1cc(N2C[C@@H]3COC[C@]3(CC(=O)N3CCCC3)C2)ncn1.O=C(O)C(F)(F)F. The number of carbonyl (C=O) groups excluding carboxylic acids is 1. The maximum atomic E-state index is 12.7. The normalized spacial score (nSPS) is 25.1. The Kier molecular flexibility index (Phi) is 6.87. The number of carbonyl (C=O) groups is 2. The van der Waals surface area contributed by atoms with E-state index in [1.165, 1.54) is 6.33 Å². The Morgan fingerprint density at radius 1 is 1.32 bits per heavy atom. The molecule has 4 heterocycles. The van der Waals surface area contributed by atoms with E-state index in [1.807, 2.05) is 11.0 Å².